The summed E-state index contributed by atoms with van der Waals surface area (Å²) in [5.74, 6) is 1.04. The van der Waals surface area contributed by atoms with Crippen molar-refractivity contribution >= 4 is 11.5 Å². The first kappa shape index (κ1) is 11.7. The van der Waals surface area contributed by atoms with Crippen molar-refractivity contribution in [1.29, 1.82) is 0 Å². The van der Waals surface area contributed by atoms with Gasteiger partial charge in [-0.25, -0.2) is 4.98 Å². The molecular formula is C16H18N4. The maximum absolute atomic E-state index is 4.85. The Balaban J connectivity index is 1.84. The average molecular weight is 266 g/mol. The van der Waals surface area contributed by atoms with E-state index < -0.39 is 0 Å². The van der Waals surface area contributed by atoms with Gasteiger partial charge in [-0.1, -0.05) is 0 Å². The standard InChI is InChI=1S/C16H18N4/c1-10-7-14(12-3-5-17-11(2)8-12)19-16-15(10)20-6-4-13(9-20)18-16/h3,5,7-8,13H,4,6,9H2,1-2H3,(H,18,19)/t13-/m0/s1. The van der Waals surface area contributed by atoms with Crippen molar-refractivity contribution in [2.45, 2.75) is 26.3 Å². The molecule has 1 saturated heterocycles. The summed E-state index contributed by atoms with van der Waals surface area (Å²) in [6.45, 7) is 6.45. The van der Waals surface area contributed by atoms with Crippen molar-refractivity contribution in [3.8, 4) is 11.3 Å². The van der Waals surface area contributed by atoms with Crippen LogP contribution in [-0.2, 0) is 0 Å². The van der Waals surface area contributed by atoms with E-state index in [1.165, 1.54) is 17.7 Å². The minimum Gasteiger partial charge on any atom is -0.366 e. The summed E-state index contributed by atoms with van der Waals surface area (Å²) in [6, 6.07) is 6.86. The Bertz CT molecular complexity index is 680. The van der Waals surface area contributed by atoms with Gasteiger partial charge in [-0.2, -0.15) is 0 Å². The average Bonchev–Trinajstić information content (AvgIpc) is 2.80. The number of aromatic nitrogens is 2. The molecule has 4 nitrogen and oxygen atoms in total. The second kappa shape index (κ2) is 4.20. The van der Waals surface area contributed by atoms with Crippen LogP contribution in [0.25, 0.3) is 11.3 Å². The summed E-state index contributed by atoms with van der Waals surface area (Å²) in [4.78, 5) is 11.6. The molecule has 0 radical (unpaired) electrons. The molecule has 4 heterocycles. The fourth-order valence-electron chi connectivity index (χ4n) is 3.29. The minimum atomic E-state index is 0.559. The zero-order chi connectivity index (χ0) is 13.7. The summed E-state index contributed by atoms with van der Waals surface area (Å²) >= 11 is 0. The molecule has 1 fully saturated rings. The number of nitrogens with zero attached hydrogens (tertiary/aromatic N) is 3. The summed E-state index contributed by atoms with van der Waals surface area (Å²) in [5, 5.41) is 3.59. The van der Waals surface area contributed by atoms with Gasteiger partial charge in [-0.3, -0.25) is 4.98 Å². The van der Waals surface area contributed by atoms with E-state index >= 15 is 0 Å². The molecule has 0 spiro atoms. The molecule has 20 heavy (non-hydrogen) atoms. The van der Waals surface area contributed by atoms with Crippen LogP contribution in [0.1, 0.15) is 17.7 Å². The third-order valence-electron chi connectivity index (χ3n) is 4.22. The first-order chi connectivity index (χ1) is 9.70. The van der Waals surface area contributed by atoms with Crippen molar-refractivity contribution in [2.75, 3.05) is 23.3 Å². The Hall–Kier alpha value is -2.10. The highest BCUT2D eigenvalue weighted by atomic mass is 15.3. The number of hydrogen-bond acceptors (Lipinski definition) is 4. The van der Waals surface area contributed by atoms with E-state index in [-0.39, 0.29) is 0 Å². The number of aryl methyl sites for hydroxylation is 2. The van der Waals surface area contributed by atoms with Crippen molar-refractivity contribution in [2.24, 2.45) is 0 Å². The van der Waals surface area contributed by atoms with E-state index in [1.807, 2.05) is 19.2 Å². The molecular weight excluding hydrogens is 248 g/mol. The molecule has 0 amide bonds. The quantitative estimate of drug-likeness (QED) is 0.861. The highest BCUT2D eigenvalue weighted by Crippen LogP contribution is 2.38. The second-order valence-electron chi connectivity index (χ2n) is 5.78. The van der Waals surface area contributed by atoms with Gasteiger partial charge in [0, 0.05) is 36.6 Å². The molecule has 2 bridgehead atoms. The molecule has 2 aromatic rings. The predicted octanol–water partition coefficient (Wildman–Crippen LogP) is 2.76. The minimum absolute atomic E-state index is 0.559. The lowest BCUT2D eigenvalue weighted by Gasteiger charge is -2.29. The predicted molar refractivity (Wildman–Crippen MR) is 81.2 cm³/mol. The van der Waals surface area contributed by atoms with Gasteiger partial charge >= 0.3 is 0 Å². The van der Waals surface area contributed by atoms with Crippen LogP contribution in [0.3, 0.4) is 0 Å². The van der Waals surface area contributed by atoms with Crippen LogP contribution in [0.15, 0.2) is 24.4 Å². The van der Waals surface area contributed by atoms with Crippen LogP contribution in [0.5, 0.6) is 0 Å². The van der Waals surface area contributed by atoms with Crippen molar-refractivity contribution in [3.63, 3.8) is 0 Å². The van der Waals surface area contributed by atoms with Crippen LogP contribution >= 0.6 is 0 Å². The van der Waals surface area contributed by atoms with Crippen LogP contribution in [0.2, 0.25) is 0 Å². The number of rotatable bonds is 1. The van der Waals surface area contributed by atoms with Gasteiger partial charge in [0.15, 0.2) is 5.82 Å². The summed E-state index contributed by atoms with van der Waals surface area (Å²) in [6.07, 6.45) is 3.06. The Labute approximate surface area is 118 Å². The van der Waals surface area contributed by atoms with Crippen LogP contribution in [0, 0.1) is 13.8 Å². The van der Waals surface area contributed by atoms with Gasteiger partial charge in [-0.15, -0.1) is 0 Å². The SMILES string of the molecule is Cc1cc(-c2cc(C)c3c(n2)N[C@H]2CCN3C2)ccn1. The highest BCUT2D eigenvalue weighted by molar-refractivity contribution is 5.78. The van der Waals surface area contributed by atoms with Gasteiger partial charge in [-0.05, 0) is 44.0 Å². The Kier molecular flexibility index (Phi) is 2.46. The number of pyridine rings is 2. The van der Waals surface area contributed by atoms with Gasteiger partial charge in [0.25, 0.3) is 0 Å². The molecule has 1 N–H and O–H groups in total. The third-order valence-corrected chi connectivity index (χ3v) is 4.22. The summed E-state index contributed by atoms with van der Waals surface area (Å²) in [7, 11) is 0. The molecule has 4 rings (SSSR count). The molecule has 0 saturated carbocycles. The normalized spacial score (nSPS) is 19.7. The molecule has 0 unspecified atom stereocenters. The first-order valence-corrected chi connectivity index (χ1v) is 7.17. The largest absolute Gasteiger partial charge is 0.366 e. The van der Waals surface area contributed by atoms with Gasteiger partial charge in [0.05, 0.1) is 11.4 Å². The Morgan fingerprint density at radius 1 is 1.30 bits per heavy atom. The lowest BCUT2D eigenvalue weighted by Crippen LogP contribution is -2.33. The summed E-state index contributed by atoms with van der Waals surface area (Å²) in [5.41, 5.74) is 5.77. The molecule has 102 valence electrons. The summed E-state index contributed by atoms with van der Waals surface area (Å²) < 4.78 is 0. The van der Waals surface area contributed by atoms with Crippen LogP contribution in [0.4, 0.5) is 11.5 Å². The topological polar surface area (TPSA) is 41.1 Å². The monoisotopic (exact) mass is 266 g/mol. The molecule has 4 heteroatoms. The van der Waals surface area contributed by atoms with E-state index in [2.05, 4.69) is 34.3 Å². The number of fused-ring (bicyclic) bond motifs is 4. The maximum atomic E-state index is 4.85. The second-order valence-corrected chi connectivity index (χ2v) is 5.78. The Morgan fingerprint density at radius 3 is 3.05 bits per heavy atom. The van der Waals surface area contributed by atoms with Crippen molar-refractivity contribution in [3.05, 3.63) is 35.7 Å². The van der Waals surface area contributed by atoms with Gasteiger partial charge in [0.2, 0.25) is 0 Å². The van der Waals surface area contributed by atoms with Gasteiger partial charge in [0.1, 0.15) is 0 Å². The van der Waals surface area contributed by atoms with E-state index in [1.54, 1.807) is 0 Å². The highest BCUT2D eigenvalue weighted by Gasteiger charge is 2.32. The number of hydrogen-bond donors (Lipinski definition) is 1. The fraction of sp³-hybridized carbons (Fsp3) is 0.375. The van der Waals surface area contributed by atoms with E-state index in [0.29, 0.717) is 6.04 Å². The number of anilines is 2. The lowest BCUT2D eigenvalue weighted by atomic mass is 10.1. The zero-order valence-electron chi connectivity index (χ0n) is 11.8. The lowest BCUT2D eigenvalue weighted by molar-refractivity contribution is 0.787. The van der Waals surface area contributed by atoms with Crippen LogP contribution < -0.4 is 10.2 Å². The smallest absolute Gasteiger partial charge is 0.150 e. The molecule has 1 atom stereocenters. The van der Waals surface area contributed by atoms with Gasteiger partial charge < -0.3 is 10.2 Å². The molecule has 0 aromatic carbocycles. The first-order valence-electron chi connectivity index (χ1n) is 7.17. The number of nitrogens with one attached hydrogen (secondary N) is 1. The molecule has 2 aliphatic heterocycles. The van der Waals surface area contributed by atoms with E-state index in [0.717, 1.165) is 35.9 Å². The van der Waals surface area contributed by atoms with E-state index in [9.17, 15) is 0 Å². The fourth-order valence-corrected chi connectivity index (χ4v) is 3.29. The third kappa shape index (κ3) is 1.75. The van der Waals surface area contributed by atoms with Crippen molar-refractivity contribution < 1.29 is 0 Å². The molecule has 2 aliphatic rings. The molecule has 2 aromatic heterocycles. The van der Waals surface area contributed by atoms with Crippen molar-refractivity contribution in [1.82, 2.24) is 9.97 Å². The molecule has 0 aliphatic carbocycles. The van der Waals surface area contributed by atoms with Crippen LogP contribution in [-0.4, -0.2) is 29.1 Å². The van der Waals surface area contributed by atoms with E-state index in [4.69, 9.17) is 4.98 Å². The maximum Gasteiger partial charge on any atom is 0.150 e. The Morgan fingerprint density at radius 2 is 2.20 bits per heavy atom. The zero-order valence-corrected chi connectivity index (χ0v) is 11.8.